The van der Waals surface area contributed by atoms with Crippen LogP contribution in [0.25, 0.3) is 0 Å². The van der Waals surface area contributed by atoms with Crippen molar-refractivity contribution in [3.05, 3.63) is 18.3 Å². The molecule has 1 heterocycles. The Bertz CT molecular complexity index is 391. The second kappa shape index (κ2) is 5.63. The molecule has 0 unspecified atom stereocenters. The zero-order valence-electron chi connectivity index (χ0n) is 9.90. The molecular formula is C12H17N3O2. The van der Waals surface area contributed by atoms with E-state index in [1.807, 2.05) is 0 Å². The van der Waals surface area contributed by atoms with E-state index in [2.05, 4.69) is 15.6 Å². The molecule has 1 amide bonds. The summed E-state index contributed by atoms with van der Waals surface area (Å²) in [6.07, 6.45) is 4.19. The highest BCUT2D eigenvalue weighted by Crippen LogP contribution is 2.27. The number of amides is 1. The summed E-state index contributed by atoms with van der Waals surface area (Å²) in [5.41, 5.74) is 0.605. The first-order valence-corrected chi connectivity index (χ1v) is 5.79. The molecule has 0 radical (unpaired) electrons. The zero-order valence-corrected chi connectivity index (χ0v) is 9.90. The van der Waals surface area contributed by atoms with E-state index in [4.69, 9.17) is 4.74 Å². The lowest BCUT2D eigenvalue weighted by atomic mass is 10.4. The number of hydrogen-bond donors (Lipinski definition) is 2. The molecule has 0 atom stereocenters. The Morgan fingerprint density at radius 2 is 2.41 bits per heavy atom. The molecule has 5 nitrogen and oxygen atoms in total. The lowest BCUT2D eigenvalue weighted by Crippen LogP contribution is -2.29. The first kappa shape index (κ1) is 11.9. The molecule has 2 rings (SSSR count). The lowest BCUT2D eigenvalue weighted by molar-refractivity contribution is -0.115. The molecule has 1 aliphatic carbocycles. The minimum atomic E-state index is -0.0723. The van der Waals surface area contributed by atoms with Gasteiger partial charge in [-0.15, -0.1) is 0 Å². The third kappa shape index (κ3) is 3.71. The number of ether oxygens (including phenoxy) is 1. The molecule has 1 aromatic rings. The van der Waals surface area contributed by atoms with Gasteiger partial charge in [0.2, 0.25) is 11.8 Å². The van der Waals surface area contributed by atoms with Crippen LogP contribution in [0, 0.1) is 5.92 Å². The van der Waals surface area contributed by atoms with Crippen molar-refractivity contribution in [3.63, 3.8) is 0 Å². The summed E-state index contributed by atoms with van der Waals surface area (Å²) in [6.45, 7) is 1.26. The summed E-state index contributed by atoms with van der Waals surface area (Å²) in [7, 11) is 1.53. The van der Waals surface area contributed by atoms with Gasteiger partial charge in [0.25, 0.3) is 0 Å². The molecule has 1 saturated carbocycles. The second-order valence-electron chi connectivity index (χ2n) is 4.18. The Hall–Kier alpha value is -1.62. The van der Waals surface area contributed by atoms with E-state index in [-0.39, 0.29) is 5.91 Å². The average molecular weight is 235 g/mol. The normalized spacial score (nSPS) is 14.4. The van der Waals surface area contributed by atoms with Gasteiger partial charge in [-0.2, -0.15) is 0 Å². The number of aromatic nitrogens is 1. The van der Waals surface area contributed by atoms with Gasteiger partial charge >= 0.3 is 0 Å². The minimum Gasteiger partial charge on any atom is -0.480 e. The molecule has 2 N–H and O–H groups in total. The van der Waals surface area contributed by atoms with Crippen LogP contribution in [0.3, 0.4) is 0 Å². The molecule has 0 spiro atoms. The Morgan fingerprint density at radius 1 is 1.59 bits per heavy atom. The van der Waals surface area contributed by atoms with Gasteiger partial charge in [-0.25, -0.2) is 4.98 Å². The van der Waals surface area contributed by atoms with Gasteiger partial charge in [-0.1, -0.05) is 0 Å². The van der Waals surface area contributed by atoms with E-state index in [0.717, 1.165) is 12.5 Å². The molecule has 1 fully saturated rings. The maximum absolute atomic E-state index is 11.6. The quantitative estimate of drug-likeness (QED) is 0.773. The van der Waals surface area contributed by atoms with Crippen LogP contribution < -0.4 is 15.4 Å². The fraction of sp³-hybridized carbons (Fsp3) is 0.500. The number of nitrogens with zero attached hydrogens (tertiary/aromatic N) is 1. The van der Waals surface area contributed by atoms with Crippen molar-refractivity contribution in [2.24, 2.45) is 5.92 Å². The third-order valence-corrected chi connectivity index (χ3v) is 2.65. The van der Waals surface area contributed by atoms with Gasteiger partial charge < -0.3 is 15.4 Å². The monoisotopic (exact) mass is 235 g/mol. The Balaban J connectivity index is 1.79. The van der Waals surface area contributed by atoms with E-state index in [1.54, 1.807) is 18.3 Å². The van der Waals surface area contributed by atoms with Crippen molar-refractivity contribution in [2.75, 3.05) is 25.5 Å². The van der Waals surface area contributed by atoms with E-state index in [9.17, 15) is 4.79 Å². The molecule has 17 heavy (non-hydrogen) atoms. The van der Waals surface area contributed by atoms with Crippen LogP contribution >= 0.6 is 0 Å². The number of pyridine rings is 1. The summed E-state index contributed by atoms with van der Waals surface area (Å²) in [6, 6.07) is 3.53. The van der Waals surface area contributed by atoms with E-state index >= 15 is 0 Å². The molecule has 1 aromatic heterocycles. The SMILES string of the molecule is COc1ncccc1NC(=O)CNCC1CC1. The van der Waals surface area contributed by atoms with Crippen LogP contribution in [0.1, 0.15) is 12.8 Å². The largest absolute Gasteiger partial charge is 0.480 e. The number of carbonyl (C=O) groups excluding carboxylic acids is 1. The van der Waals surface area contributed by atoms with Crippen molar-refractivity contribution in [1.82, 2.24) is 10.3 Å². The average Bonchev–Trinajstić information content (AvgIpc) is 3.14. The standard InChI is InChI=1S/C12H17N3O2/c1-17-12-10(3-2-6-14-12)15-11(16)8-13-7-9-4-5-9/h2-3,6,9,13H,4-5,7-8H2,1H3,(H,15,16). The number of methoxy groups -OCH3 is 1. The van der Waals surface area contributed by atoms with Crippen LogP contribution in [-0.4, -0.2) is 31.1 Å². The Labute approximate surface area is 101 Å². The van der Waals surface area contributed by atoms with Crippen LogP contribution in [0.5, 0.6) is 5.88 Å². The topological polar surface area (TPSA) is 63.2 Å². The minimum absolute atomic E-state index is 0.0723. The van der Waals surface area contributed by atoms with E-state index < -0.39 is 0 Å². The van der Waals surface area contributed by atoms with Gasteiger partial charge in [0.1, 0.15) is 5.69 Å². The van der Waals surface area contributed by atoms with Gasteiger partial charge in [-0.05, 0) is 37.4 Å². The van der Waals surface area contributed by atoms with Gasteiger partial charge in [0.05, 0.1) is 13.7 Å². The molecule has 0 bridgehead atoms. The van der Waals surface area contributed by atoms with Crippen molar-refractivity contribution in [1.29, 1.82) is 0 Å². The smallest absolute Gasteiger partial charge is 0.238 e. The zero-order chi connectivity index (χ0) is 12.1. The van der Waals surface area contributed by atoms with Crippen LogP contribution in [-0.2, 0) is 4.79 Å². The summed E-state index contributed by atoms with van der Waals surface area (Å²) < 4.78 is 5.05. The lowest BCUT2D eigenvalue weighted by Gasteiger charge is -2.09. The third-order valence-electron chi connectivity index (χ3n) is 2.65. The predicted octanol–water partition coefficient (Wildman–Crippen LogP) is 1.03. The number of carbonyl (C=O) groups is 1. The number of rotatable bonds is 6. The van der Waals surface area contributed by atoms with Crippen molar-refractivity contribution < 1.29 is 9.53 Å². The van der Waals surface area contributed by atoms with Crippen LogP contribution in [0.4, 0.5) is 5.69 Å². The molecule has 0 aromatic carbocycles. The van der Waals surface area contributed by atoms with Crippen molar-refractivity contribution in [3.8, 4) is 5.88 Å². The first-order chi connectivity index (χ1) is 8.29. The fourth-order valence-electron chi connectivity index (χ4n) is 1.55. The fourth-order valence-corrected chi connectivity index (χ4v) is 1.55. The molecule has 1 aliphatic rings. The van der Waals surface area contributed by atoms with Gasteiger partial charge in [-0.3, -0.25) is 4.79 Å². The summed E-state index contributed by atoms with van der Waals surface area (Å²) >= 11 is 0. The second-order valence-corrected chi connectivity index (χ2v) is 4.18. The van der Waals surface area contributed by atoms with Gasteiger partial charge in [0, 0.05) is 6.20 Å². The highest BCUT2D eigenvalue weighted by atomic mass is 16.5. The van der Waals surface area contributed by atoms with Crippen molar-refractivity contribution in [2.45, 2.75) is 12.8 Å². The summed E-state index contributed by atoms with van der Waals surface area (Å²) in [5, 5.41) is 5.90. The van der Waals surface area contributed by atoms with Gasteiger partial charge in [0.15, 0.2) is 0 Å². The Kier molecular flexibility index (Phi) is 3.93. The molecule has 0 saturated heterocycles. The van der Waals surface area contributed by atoms with Crippen molar-refractivity contribution >= 4 is 11.6 Å². The maximum atomic E-state index is 11.6. The first-order valence-electron chi connectivity index (χ1n) is 5.79. The highest BCUT2D eigenvalue weighted by Gasteiger charge is 2.20. The summed E-state index contributed by atoms with van der Waals surface area (Å²) in [5.74, 6) is 1.13. The molecule has 5 heteroatoms. The molecular weight excluding hydrogens is 218 g/mol. The molecule has 0 aliphatic heterocycles. The van der Waals surface area contributed by atoms with E-state index in [1.165, 1.54) is 20.0 Å². The van der Waals surface area contributed by atoms with Crippen LogP contribution in [0.2, 0.25) is 0 Å². The number of hydrogen-bond acceptors (Lipinski definition) is 4. The van der Waals surface area contributed by atoms with Crippen LogP contribution in [0.15, 0.2) is 18.3 Å². The number of anilines is 1. The summed E-state index contributed by atoms with van der Waals surface area (Å²) in [4.78, 5) is 15.6. The predicted molar refractivity (Wildman–Crippen MR) is 65.0 cm³/mol. The maximum Gasteiger partial charge on any atom is 0.238 e. The Morgan fingerprint density at radius 3 is 3.12 bits per heavy atom. The highest BCUT2D eigenvalue weighted by molar-refractivity contribution is 5.93. The van der Waals surface area contributed by atoms with E-state index in [0.29, 0.717) is 18.1 Å². The molecule has 92 valence electrons. The number of nitrogens with one attached hydrogen (secondary N) is 2.